The maximum atomic E-state index is 14.6. The van der Waals surface area contributed by atoms with E-state index in [1.54, 1.807) is 6.07 Å². The summed E-state index contributed by atoms with van der Waals surface area (Å²) in [5.41, 5.74) is 4.05. The van der Waals surface area contributed by atoms with E-state index in [4.69, 9.17) is 9.40 Å². The molecule has 4 aromatic rings. The van der Waals surface area contributed by atoms with E-state index in [9.17, 15) is 4.39 Å². The summed E-state index contributed by atoms with van der Waals surface area (Å²) >= 11 is 1.53. The van der Waals surface area contributed by atoms with Crippen LogP contribution in [0.3, 0.4) is 0 Å². The first-order valence-corrected chi connectivity index (χ1v) is 12.2. The highest BCUT2D eigenvalue weighted by Crippen LogP contribution is 2.33. The summed E-state index contributed by atoms with van der Waals surface area (Å²) in [7, 11) is 0. The van der Waals surface area contributed by atoms with Gasteiger partial charge in [0.25, 0.3) is 0 Å². The summed E-state index contributed by atoms with van der Waals surface area (Å²) in [6.45, 7) is 3.84. The number of rotatable bonds is 5. The number of halogens is 1. The van der Waals surface area contributed by atoms with E-state index in [2.05, 4.69) is 21.8 Å². The molecule has 0 amide bonds. The van der Waals surface area contributed by atoms with Gasteiger partial charge >= 0.3 is 0 Å². The fourth-order valence-corrected chi connectivity index (χ4v) is 4.59. The minimum absolute atomic E-state index is 0.221. The van der Waals surface area contributed by atoms with Gasteiger partial charge in [0.05, 0.1) is 0 Å². The highest BCUT2D eigenvalue weighted by Gasteiger charge is 2.26. The minimum Gasteiger partial charge on any atom is -0.440 e. The third-order valence-electron chi connectivity index (χ3n) is 6.12. The van der Waals surface area contributed by atoms with E-state index in [0.29, 0.717) is 5.56 Å². The SMILES string of the molecule is CCc1cnc(N2CCC(c3nc4cc(-c5ccc(SC)cc5F)ccc4o3)CC2)nc1. The third-order valence-corrected chi connectivity index (χ3v) is 6.84. The number of aromatic nitrogens is 3. The Labute approximate surface area is 191 Å². The number of thioether (sulfide) groups is 1. The Morgan fingerprint density at radius 2 is 1.88 bits per heavy atom. The van der Waals surface area contributed by atoms with Gasteiger partial charge in [0.2, 0.25) is 5.95 Å². The van der Waals surface area contributed by atoms with Crippen LogP contribution >= 0.6 is 11.8 Å². The number of aryl methyl sites for hydroxylation is 1. The number of piperidine rings is 1. The van der Waals surface area contributed by atoms with Crippen LogP contribution in [0.25, 0.3) is 22.2 Å². The van der Waals surface area contributed by atoms with Crippen molar-refractivity contribution in [2.75, 3.05) is 24.2 Å². The van der Waals surface area contributed by atoms with Gasteiger partial charge in [-0.3, -0.25) is 0 Å². The molecule has 5 nitrogen and oxygen atoms in total. The van der Waals surface area contributed by atoms with Gasteiger partial charge in [-0.1, -0.05) is 19.1 Å². The first kappa shape index (κ1) is 20.9. The topological polar surface area (TPSA) is 55.1 Å². The number of oxazole rings is 1. The monoisotopic (exact) mass is 448 g/mol. The predicted molar refractivity (Wildman–Crippen MR) is 127 cm³/mol. The molecule has 2 aromatic carbocycles. The maximum Gasteiger partial charge on any atom is 0.225 e. The van der Waals surface area contributed by atoms with Crippen LogP contribution in [0.2, 0.25) is 0 Å². The molecular formula is C25H25FN4OS. The molecule has 0 radical (unpaired) electrons. The van der Waals surface area contributed by atoms with Gasteiger partial charge in [-0.05, 0) is 60.9 Å². The number of anilines is 1. The first-order valence-electron chi connectivity index (χ1n) is 10.9. The lowest BCUT2D eigenvalue weighted by molar-refractivity contribution is 0.405. The molecule has 0 bridgehead atoms. The first-order chi connectivity index (χ1) is 15.6. The molecule has 0 saturated carbocycles. The average molecular weight is 449 g/mol. The van der Waals surface area contributed by atoms with Crippen molar-refractivity contribution in [3.8, 4) is 11.1 Å². The third kappa shape index (κ3) is 4.09. The van der Waals surface area contributed by atoms with Crippen molar-refractivity contribution < 1.29 is 8.81 Å². The summed E-state index contributed by atoms with van der Waals surface area (Å²) in [5.74, 6) is 1.59. The normalized spacial score (nSPS) is 14.9. The number of hydrogen-bond donors (Lipinski definition) is 0. The fraction of sp³-hybridized carbons (Fsp3) is 0.320. The molecule has 32 heavy (non-hydrogen) atoms. The molecule has 0 atom stereocenters. The van der Waals surface area contributed by atoms with E-state index in [0.717, 1.165) is 71.3 Å². The molecule has 7 heteroatoms. The molecule has 5 rings (SSSR count). The second-order valence-corrected chi connectivity index (χ2v) is 8.97. The van der Waals surface area contributed by atoms with E-state index < -0.39 is 0 Å². The van der Waals surface area contributed by atoms with Gasteiger partial charge in [-0.25, -0.2) is 19.3 Å². The predicted octanol–water partition coefficient (Wildman–Crippen LogP) is 6.09. The Balaban J connectivity index is 1.32. The van der Waals surface area contributed by atoms with Crippen LogP contribution in [0.5, 0.6) is 0 Å². The van der Waals surface area contributed by atoms with Crippen molar-refractivity contribution >= 4 is 28.8 Å². The molecule has 0 spiro atoms. The van der Waals surface area contributed by atoms with Crippen LogP contribution in [-0.4, -0.2) is 34.3 Å². The quantitative estimate of drug-likeness (QED) is 0.344. The zero-order chi connectivity index (χ0) is 22.1. The van der Waals surface area contributed by atoms with Gasteiger partial charge < -0.3 is 9.32 Å². The van der Waals surface area contributed by atoms with Crippen molar-refractivity contribution in [1.82, 2.24) is 15.0 Å². The highest BCUT2D eigenvalue weighted by molar-refractivity contribution is 7.98. The lowest BCUT2D eigenvalue weighted by Crippen LogP contribution is -2.34. The number of benzene rings is 2. The Hall–Kier alpha value is -2.93. The number of hydrogen-bond acceptors (Lipinski definition) is 6. The Kier molecular flexibility index (Phi) is 5.83. The van der Waals surface area contributed by atoms with E-state index in [1.165, 1.54) is 11.8 Å². The van der Waals surface area contributed by atoms with Crippen LogP contribution in [0.15, 0.2) is 58.1 Å². The van der Waals surface area contributed by atoms with Crippen molar-refractivity contribution in [3.63, 3.8) is 0 Å². The molecule has 1 fully saturated rings. The van der Waals surface area contributed by atoms with E-state index in [1.807, 2.05) is 49.0 Å². The van der Waals surface area contributed by atoms with E-state index >= 15 is 0 Å². The fourth-order valence-electron chi connectivity index (χ4n) is 4.16. The number of nitrogens with zero attached hydrogens (tertiary/aromatic N) is 4. The maximum absolute atomic E-state index is 14.6. The van der Waals surface area contributed by atoms with E-state index in [-0.39, 0.29) is 11.7 Å². The summed E-state index contributed by atoms with van der Waals surface area (Å²) in [5, 5.41) is 0. The number of fused-ring (bicyclic) bond motifs is 1. The molecular weight excluding hydrogens is 423 g/mol. The van der Waals surface area contributed by atoms with Crippen molar-refractivity contribution in [3.05, 3.63) is 66.1 Å². The molecule has 164 valence electrons. The van der Waals surface area contributed by atoms with Gasteiger partial charge in [-0.2, -0.15) is 0 Å². The van der Waals surface area contributed by atoms with Crippen molar-refractivity contribution in [1.29, 1.82) is 0 Å². The smallest absolute Gasteiger partial charge is 0.225 e. The Morgan fingerprint density at radius 1 is 1.09 bits per heavy atom. The second-order valence-electron chi connectivity index (χ2n) is 8.09. The Bertz CT molecular complexity index is 1230. The van der Waals surface area contributed by atoms with Crippen LogP contribution in [0.1, 0.15) is 37.1 Å². The summed E-state index contributed by atoms with van der Waals surface area (Å²) in [6, 6.07) is 11.0. The lowest BCUT2D eigenvalue weighted by Gasteiger charge is -2.30. The molecule has 3 heterocycles. The second kappa shape index (κ2) is 8.90. The molecule has 0 aliphatic carbocycles. The van der Waals surface area contributed by atoms with Gasteiger partial charge in [0.1, 0.15) is 11.3 Å². The summed E-state index contributed by atoms with van der Waals surface area (Å²) in [4.78, 5) is 16.9. The molecule has 0 N–H and O–H groups in total. The van der Waals surface area contributed by atoms with Crippen molar-refractivity contribution in [2.24, 2.45) is 0 Å². The van der Waals surface area contributed by atoms with Gasteiger partial charge in [0.15, 0.2) is 11.5 Å². The molecule has 1 saturated heterocycles. The highest BCUT2D eigenvalue weighted by atomic mass is 32.2. The zero-order valence-corrected chi connectivity index (χ0v) is 19.0. The van der Waals surface area contributed by atoms with Gasteiger partial charge in [0, 0.05) is 41.9 Å². The molecule has 1 aliphatic heterocycles. The zero-order valence-electron chi connectivity index (χ0n) is 18.2. The minimum atomic E-state index is -0.221. The molecule has 2 aromatic heterocycles. The Morgan fingerprint density at radius 3 is 2.56 bits per heavy atom. The molecule has 1 aliphatic rings. The lowest BCUT2D eigenvalue weighted by atomic mass is 9.97. The molecule has 0 unspecified atom stereocenters. The van der Waals surface area contributed by atoms with Crippen LogP contribution in [0, 0.1) is 5.82 Å². The average Bonchev–Trinajstić information content (AvgIpc) is 3.27. The standard InChI is InChI=1S/C25H25FN4OS/c1-3-16-14-27-25(28-15-16)30-10-8-17(9-11-30)24-29-22-12-18(4-7-23(22)31-24)20-6-5-19(32-2)13-21(20)26/h4-7,12-15,17H,3,8-11H2,1-2H3. The van der Waals surface area contributed by atoms with Crippen LogP contribution in [-0.2, 0) is 6.42 Å². The van der Waals surface area contributed by atoms with Crippen molar-refractivity contribution in [2.45, 2.75) is 37.0 Å². The summed E-state index contributed by atoms with van der Waals surface area (Å²) in [6.07, 6.45) is 8.57. The van der Waals surface area contributed by atoms with Gasteiger partial charge in [-0.15, -0.1) is 11.8 Å². The summed E-state index contributed by atoms with van der Waals surface area (Å²) < 4.78 is 20.6. The van der Waals surface area contributed by atoms with Crippen LogP contribution < -0.4 is 4.90 Å². The largest absolute Gasteiger partial charge is 0.440 e. The van der Waals surface area contributed by atoms with Crippen LogP contribution in [0.4, 0.5) is 10.3 Å².